The number of methoxy groups -OCH3 is 1. The first kappa shape index (κ1) is 33.6. The van der Waals surface area contributed by atoms with Gasteiger partial charge in [0.15, 0.2) is 0 Å². The lowest BCUT2D eigenvalue weighted by atomic mass is 10.0. The minimum Gasteiger partial charge on any atom is -0.497 e. The zero-order valence-electron chi connectivity index (χ0n) is 26.6. The van der Waals surface area contributed by atoms with Gasteiger partial charge in [0.05, 0.1) is 25.3 Å². The molecule has 240 valence electrons. The number of nitrogens with zero attached hydrogens (tertiary/aromatic N) is 1. The highest BCUT2D eigenvalue weighted by molar-refractivity contribution is 5.69. The number of rotatable bonds is 13. The predicted molar refractivity (Wildman–Crippen MR) is 174 cm³/mol. The van der Waals surface area contributed by atoms with Crippen LogP contribution in [0.2, 0.25) is 0 Å². The van der Waals surface area contributed by atoms with Crippen LogP contribution in [-0.2, 0) is 22.5 Å². The Morgan fingerprint density at radius 2 is 1.69 bits per heavy atom. The molecule has 2 amide bonds. The Bertz CT molecular complexity index is 1410. The first-order valence-electron chi connectivity index (χ1n) is 15.3. The summed E-state index contributed by atoms with van der Waals surface area (Å²) in [4.78, 5) is 27.8. The molecule has 3 aromatic carbocycles. The van der Waals surface area contributed by atoms with Gasteiger partial charge in [0.1, 0.15) is 18.0 Å². The molecule has 0 aliphatic heterocycles. The number of hydrogen-bond donors (Lipinski definition) is 3. The zero-order valence-corrected chi connectivity index (χ0v) is 26.6. The standard InChI is InChI=1S/C36H45N3O6/c1-6-19-39(35(42)44-24-26-15-11-8-12-16-26)32-22-30(29-21-27(43-5)17-18-28(29)32)37-23-33(40)31(20-25-13-9-7-10-14-25)38-34(41)45-36(2,3)4/h6-18,21,30-33,37,40H,1,19-20,22-24H2,2-5H3,(H,38,41)/t30-,31+,32+,33-/m1/s1. The Hall–Kier alpha value is -4.34. The van der Waals surface area contributed by atoms with Gasteiger partial charge >= 0.3 is 12.2 Å². The van der Waals surface area contributed by atoms with E-state index < -0.39 is 29.9 Å². The number of amides is 2. The number of nitrogens with one attached hydrogen (secondary N) is 2. The van der Waals surface area contributed by atoms with E-state index in [1.165, 1.54) is 0 Å². The molecule has 0 fully saturated rings. The van der Waals surface area contributed by atoms with Gasteiger partial charge in [-0.25, -0.2) is 9.59 Å². The van der Waals surface area contributed by atoms with Crippen LogP contribution in [-0.4, -0.2) is 60.1 Å². The summed E-state index contributed by atoms with van der Waals surface area (Å²) in [7, 11) is 1.61. The summed E-state index contributed by atoms with van der Waals surface area (Å²) in [6.07, 6.45) is 0.690. The number of carbonyl (C=O) groups is 2. The van der Waals surface area contributed by atoms with Crippen LogP contribution < -0.4 is 15.4 Å². The first-order chi connectivity index (χ1) is 21.6. The smallest absolute Gasteiger partial charge is 0.410 e. The molecule has 9 nitrogen and oxygen atoms in total. The van der Waals surface area contributed by atoms with Crippen molar-refractivity contribution in [2.45, 2.75) is 70.1 Å². The number of aliphatic hydroxyl groups is 1. The molecule has 0 unspecified atom stereocenters. The number of fused-ring (bicyclic) bond motifs is 1. The van der Waals surface area contributed by atoms with Crippen molar-refractivity contribution in [3.63, 3.8) is 0 Å². The van der Waals surface area contributed by atoms with Gasteiger partial charge in [-0.1, -0.05) is 72.8 Å². The monoisotopic (exact) mass is 615 g/mol. The van der Waals surface area contributed by atoms with Gasteiger partial charge in [0.2, 0.25) is 0 Å². The Balaban J connectivity index is 1.50. The van der Waals surface area contributed by atoms with Crippen molar-refractivity contribution < 1.29 is 28.9 Å². The van der Waals surface area contributed by atoms with Gasteiger partial charge in [0.25, 0.3) is 0 Å². The maximum atomic E-state index is 13.4. The van der Waals surface area contributed by atoms with Crippen LogP contribution in [0.25, 0.3) is 0 Å². The van der Waals surface area contributed by atoms with E-state index in [1.807, 2.05) is 78.9 Å². The van der Waals surface area contributed by atoms with Crippen LogP contribution in [0.3, 0.4) is 0 Å². The van der Waals surface area contributed by atoms with Crippen LogP contribution in [0.1, 0.15) is 61.5 Å². The highest BCUT2D eigenvalue weighted by atomic mass is 16.6. The lowest BCUT2D eigenvalue weighted by molar-refractivity contribution is 0.0419. The zero-order chi connectivity index (χ0) is 32.4. The minimum absolute atomic E-state index is 0.164. The number of benzene rings is 3. The fourth-order valence-electron chi connectivity index (χ4n) is 5.54. The number of hydrogen-bond acceptors (Lipinski definition) is 7. The lowest BCUT2D eigenvalue weighted by Crippen LogP contribution is -2.50. The second-order valence-corrected chi connectivity index (χ2v) is 12.2. The molecule has 1 aliphatic rings. The Morgan fingerprint density at radius 1 is 1.02 bits per heavy atom. The molecule has 0 aromatic heterocycles. The topological polar surface area (TPSA) is 109 Å². The second kappa shape index (κ2) is 15.6. The normalized spacial score (nSPS) is 17.0. The molecule has 0 spiro atoms. The third kappa shape index (κ3) is 9.57. The van der Waals surface area contributed by atoms with Crippen LogP contribution in [0.15, 0.2) is 91.5 Å². The molecular formula is C36H45N3O6. The maximum Gasteiger partial charge on any atom is 0.410 e. The summed E-state index contributed by atoms with van der Waals surface area (Å²) in [5, 5.41) is 17.8. The fraction of sp³-hybridized carbons (Fsp3) is 0.389. The van der Waals surface area contributed by atoms with Gasteiger partial charge in [-0.2, -0.15) is 0 Å². The van der Waals surface area contributed by atoms with E-state index >= 15 is 0 Å². The predicted octanol–water partition coefficient (Wildman–Crippen LogP) is 6.09. The molecule has 1 aliphatic carbocycles. The molecule has 3 aromatic rings. The number of carbonyl (C=O) groups excluding carboxylic acids is 2. The van der Waals surface area contributed by atoms with Crippen molar-refractivity contribution in [2.75, 3.05) is 20.2 Å². The van der Waals surface area contributed by atoms with E-state index in [1.54, 1.807) is 38.9 Å². The summed E-state index contributed by atoms with van der Waals surface area (Å²) in [5.41, 5.74) is 3.14. The highest BCUT2D eigenvalue weighted by Crippen LogP contribution is 2.44. The summed E-state index contributed by atoms with van der Waals surface area (Å²) in [6, 6.07) is 23.9. The minimum atomic E-state index is -0.939. The van der Waals surface area contributed by atoms with Crippen LogP contribution in [0.5, 0.6) is 5.75 Å². The molecule has 0 heterocycles. The van der Waals surface area contributed by atoms with Gasteiger partial charge in [-0.05, 0) is 68.0 Å². The quantitative estimate of drug-likeness (QED) is 0.200. The third-order valence-electron chi connectivity index (χ3n) is 7.67. The molecule has 0 radical (unpaired) electrons. The molecule has 45 heavy (non-hydrogen) atoms. The van der Waals surface area contributed by atoms with Crippen molar-refractivity contribution in [1.82, 2.24) is 15.5 Å². The lowest BCUT2D eigenvalue weighted by Gasteiger charge is -2.29. The second-order valence-electron chi connectivity index (χ2n) is 12.2. The van der Waals surface area contributed by atoms with Gasteiger partial charge < -0.3 is 30.0 Å². The average Bonchev–Trinajstić information content (AvgIpc) is 3.38. The summed E-state index contributed by atoms with van der Waals surface area (Å²) >= 11 is 0. The fourth-order valence-corrected chi connectivity index (χ4v) is 5.54. The molecular weight excluding hydrogens is 570 g/mol. The van der Waals surface area contributed by atoms with E-state index in [-0.39, 0.29) is 25.2 Å². The van der Waals surface area contributed by atoms with Crippen LogP contribution in [0.4, 0.5) is 9.59 Å². The maximum absolute atomic E-state index is 13.4. The van der Waals surface area contributed by atoms with Crippen LogP contribution >= 0.6 is 0 Å². The number of alkyl carbamates (subject to hydrolysis) is 1. The van der Waals surface area contributed by atoms with E-state index in [0.717, 1.165) is 22.3 Å². The largest absolute Gasteiger partial charge is 0.497 e. The van der Waals surface area contributed by atoms with E-state index in [0.29, 0.717) is 25.1 Å². The average molecular weight is 616 g/mol. The molecule has 0 bridgehead atoms. The van der Waals surface area contributed by atoms with E-state index in [2.05, 4.69) is 17.2 Å². The number of aliphatic hydroxyl groups excluding tert-OH is 1. The summed E-state index contributed by atoms with van der Waals surface area (Å²) < 4.78 is 16.7. The van der Waals surface area contributed by atoms with Crippen LogP contribution in [0, 0.1) is 0 Å². The van der Waals surface area contributed by atoms with E-state index in [4.69, 9.17) is 14.2 Å². The molecule has 0 saturated carbocycles. The number of ether oxygens (including phenoxy) is 3. The van der Waals surface area contributed by atoms with Crippen molar-refractivity contribution in [3.05, 3.63) is 114 Å². The van der Waals surface area contributed by atoms with Crippen molar-refractivity contribution in [3.8, 4) is 5.75 Å². The first-order valence-corrected chi connectivity index (χ1v) is 15.3. The third-order valence-corrected chi connectivity index (χ3v) is 7.67. The SMILES string of the molecule is C=CCN(C(=O)OCc1ccccc1)[C@H]1C[C@@H](NC[C@@H](O)[C@H](Cc2ccccc2)NC(=O)OC(C)(C)C)c2cc(OC)ccc21. The Labute approximate surface area is 266 Å². The molecule has 0 saturated heterocycles. The summed E-state index contributed by atoms with van der Waals surface area (Å²) in [5.74, 6) is 0.692. The van der Waals surface area contributed by atoms with Gasteiger partial charge in [0, 0.05) is 19.1 Å². The van der Waals surface area contributed by atoms with Crippen molar-refractivity contribution in [1.29, 1.82) is 0 Å². The highest BCUT2D eigenvalue weighted by Gasteiger charge is 2.38. The van der Waals surface area contributed by atoms with Gasteiger partial charge in [-0.3, -0.25) is 4.90 Å². The Morgan fingerprint density at radius 3 is 2.31 bits per heavy atom. The Kier molecular flexibility index (Phi) is 11.6. The molecule has 3 N–H and O–H groups in total. The van der Waals surface area contributed by atoms with Crippen molar-refractivity contribution in [2.24, 2.45) is 0 Å². The van der Waals surface area contributed by atoms with E-state index in [9.17, 15) is 14.7 Å². The molecule has 4 rings (SSSR count). The van der Waals surface area contributed by atoms with Crippen molar-refractivity contribution >= 4 is 12.2 Å². The molecule has 4 atom stereocenters. The van der Waals surface area contributed by atoms with Gasteiger partial charge in [-0.15, -0.1) is 6.58 Å². The summed E-state index contributed by atoms with van der Waals surface area (Å²) in [6.45, 7) is 9.91. The molecule has 9 heteroatoms.